The number of hydrogen-bond acceptors (Lipinski definition) is 6. The molecule has 2 aromatic carbocycles. The Morgan fingerprint density at radius 2 is 1.43 bits per heavy atom. The van der Waals surface area contributed by atoms with Crippen molar-refractivity contribution in [1.82, 2.24) is 0 Å². The van der Waals surface area contributed by atoms with Crippen LogP contribution in [-0.4, -0.2) is 29.2 Å². The second-order valence-corrected chi connectivity index (χ2v) is 12.5. The molecule has 1 N–H and O–H groups in total. The molecule has 1 heterocycles. The van der Waals surface area contributed by atoms with Gasteiger partial charge >= 0.3 is 5.97 Å². The number of allylic oxidation sites excluding steroid dienone is 4. The number of carbonyl (C=O) groups is 3. The highest BCUT2D eigenvalue weighted by atomic mass is 16.5. The van der Waals surface area contributed by atoms with Crippen molar-refractivity contribution in [2.45, 2.75) is 72.8 Å². The zero-order valence-corrected chi connectivity index (χ0v) is 23.8. The van der Waals surface area contributed by atoms with Crippen LogP contribution in [0.2, 0.25) is 0 Å². The lowest BCUT2D eigenvalue weighted by Crippen LogP contribution is -2.37. The van der Waals surface area contributed by atoms with Gasteiger partial charge in [0.25, 0.3) is 0 Å². The van der Waals surface area contributed by atoms with Crippen molar-refractivity contribution >= 4 is 17.5 Å². The molecule has 0 spiro atoms. The molecule has 0 saturated heterocycles. The minimum Gasteiger partial charge on any atom is -0.490 e. The van der Waals surface area contributed by atoms with E-state index in [1.54, 1.807) is 24.3 Å². The van der Waals surface area contributed by atoms with E-state index in [0.29, 0.717) is 66.5 Å². The molecule has 0 unspecified atom stereocenters. The number of ether oxygens (including phenoxy) is 3. The van der Waals surface area contributed by atoms with Crippen LogP contribution in [0.15, 0.2) is 65.1 Å². The maximum Gasteiger partial charge on any atom is 0.335 e. The Labute approximate surface area is 234 Å². The summed E-state index contributed by atoms with van der Waals surface area (Å²) in [4.78, 5) is 38.3. The van der Waals surface area contributed by atoms with Crippen LogP contribution in [0, 0.1) is 10.8 Å². The standard InChI is InChI=1S/C33H36O7/c1-6-38-25-13-21(11-12-24(25)39-18-19-7-9-20(10-8-19)31(36)37)28-29-22(34)14-32(2,3)16-26(29)40-27-17-33(4,5)15-23(35)30(27)28/h7-13,28H,6,14-18H2,1-5H3,(H,36,37). The summed E-state index contributed by atoms with van der Waals surface area (Å²) in [6.07, 6.45) is 2.06. The Kier molecular flexibility index (Phi) is 7.11. The van der Waals surface area contributed by atoms with Crippen molar-refractivity contribution in [3.05, 3.63) is 81.8 Å². The third kappa shape index (κ3) is 5.42. The van der Waals surface area contributed by atoms with E-state index in [1.807, 2.05) is 25.1 Å². The van der Waals surface area contributed by atoms with Crippen LogP contribution in [0.25, 0.3) is 0 Å². The van der Waals surface area contributed by atoms with Gasteiger partial charge in [-0.05, 0) is 53.1 Å². The van der Waals surface area contributed by atoms with Crippen LogP contribution < -0.4 is 9.47 Å². The van der Waals surface area contributed by atoms with E-state index < -0.39 is 11.9 Å². The number of carboxylic acid groups (broad SMARTS) is 1. The predicted octanol–water partition coefficient (Wildman–Crippen LogP) is 6.76. The first-order chi connectivity index (χ1) is 18.9. The Balaban J connectivity index is 1.53. The molecule has 7 nitrogen and oxygen atoms in total. The summed E-state index contributed by atoms with van der Waals surface area (Å²) in [5.74, 6) is 0.944. The zero-order chi connectivity index (χ0) is 28.8. The molecule has 0 atom stereocenters. The molecule has 0 saturated carbocycles. The van der Waals surface area contributed by atoms with Crippen molar-refractivity contribution < 1.29 is 33.7 Å². The van der Waals surface area contributed by atoms with Crippen LogP contribution in [0.1, 0.15) is 87.7 Å². The van der Waals surface area contributed by atoms with Crippen molar-refractivity contribution in [2.75, 3.05) is 6.61 Å². The average molecular weight is 545 g/mol. The molecule has 7 heteroatoms. The Morgan fingerprint density at radius 1 is 0.850 bits per heavy atom. The summed E-state index contributed by atoms with van der Waals surface area (Å²) in [6, 6.07) is 12.1. The fraction of sp³-hybridized carbons (Fsp3) is 0.424. The number of carboxylic acids is 1. The van der Waals surface area contributed by atoms with Crippen LogP contribution in [-0.2, 0) is 20.9 Å². The predicted molar refractivity (Wildman–Crippen MR) is 149 cm³/mol. The van der Waals surface area contributed by atoms with E-state index in [1.165, 1.54) is 0 Å². The number of hydrogen-bond donors (Lipinski definition) is 1. The van der Waals surface area contributed by atoms with Gasteiger partial charge in [-0.2, -0.15) is 0 Å². The van der Waals surface area contributed by atoms with E-state index in [9.17, 15) is 14.4 Å². The van der Waals surface area contributed by atoms with Gasteiger partial charge in [0.15, 0.2) is 23.1 Å². The first kappa shape index (κ1) is 27.7. The highest BCUT2D eigenvalue weighted by molar-refractivity contribution is 6.06. The fourth-order valence-electron chi connectivity index (χ4n) is 6.00. The minimum absolute atomic E-state index is 0.0172. The van der Waals surface area contributed by atoms with Gasteiger partial charge in [0, 0.05) is 42.7 Å². The highest BCUT2D eigenvalue weighted by Crippen LogP contribution is 2.53. The van der Waals surface area contributed by atoms with E-state index >= 15 is 0 Å². The number of benzene rings is 2. The molecule has 210 valence electrons. The van der Waals surface area contributed by atoms with Crippen molar-refractivity contribution in [1.29, 1.82) is 0 Å². The largest absolute Gasteiger partial charge is 0.490 e. The van der Waals surface area contributed by atoms with Gasteiger partial charge in [-0.3, -0.25) is 9.59 Å². The van der Waals surface area contributed by atoms with Gasteiger partial charge in [-0.1, -0.05) is 45.9 Å². The molecule has 1 aliphatic heterocycles. The number of carbonyl (C=O) groups excluding carboxylic acids is 2. The maximum atomic E-state index is 13.6. The van der Waals surface area contributed by atoms with Gasteiger partial charge in [0.05, 0.1) is 12.2 Å². The molecule has 2 aromatic rings. The Hall–Kier alpha value is -3.87. The van der Waals surface area contributed by atoms with Crippen LogP contribution in [0.4, 0.5) is 0 Å². The van der Waals surface area contributed by atoms with E-state index in [-0.39, 0.29) is 34.6 Å². The van der Waals surface area contributed by atoms with Crippen molar-refractivity contribution in [3.8, 4) is 11.5 Å². The van der Waals surface area contributed by atoms with Crippen LogP contribution >= 0.6 is 0 Å². The smallest absolute Gasteiger partial charge is 0.335 e. The first-order valence-corrected chi connectivity index (χ1v) is 13.8. The molecule has 0 aromatic heterocycles. The topological polar surface area (TPSA) is 99.1 Å². The average Bonchev–Trinajstić information content (AvgIpc) is 2.85. The van der Waals surface area contributed by atoms with Gasteiger partial charge in [-0.25, -0.2) is 4.79 Å². The lowest BCUT2D eigenvalue weighted by atomic mass is 9.65. The quantitative estimate of drug-likeness (QED) is 0.411. The Morgan fingerprint density at radius 3 is 1.95 bits per heavy atom. The molecule has 2 aliphatic carbocycles. The van der Waals surface area contributed by atoms with Crippen molar-refractivity contribution in [3.63, 3.8) is 0 Å². The van der Waals surface area contributed by atoms with Crippen molar-refractivity contribution in [2.24, 2.45) is 10.8 Å². The SMILES string of the molecule is CCOc1cc(C2C3=C(CC(C)(C)CC3=O)OC3=C2C(=O)CC(C)(C)C3)ccc1OCc1ccc(C(=O)O)cc1. The van der Waals surface area contributed by atoms with Crippen LogP contribution in [0.5, 0.6) is 11.5 Å². The molecule has 0 fully saturated rings. The number of aromatic carboxylic acids is 1. The number of ketones is 2. The Bertz CT molecular complexity index is 1390. The second kappa shape index (κ2) is 10.3. The summed E-state index contributed by atoms with van der Waals surface area (Å²) in [7, 11) is 0. The van der Waals surface area contributed by atoms with Gasteiger partial charge in [-0.15, -0.1) is 0 Å². The first-order valence-electron chi connectivity index (χ1n) is 13.8. The molecule has 5 rings (SSSR count). The molecule has 40 heavy (non-hydrogen) atoms. The lowest BCUT2D eigenvalue weighted by molar-refractivity contribution is -0.120. The lowest BCUT2D eigenvalue weighted by Gasteiger charge is -2.42. The number of rotatable bonds is 7. The normalized spacial score (nSPS) is 20.0. The van der Waals surface area contributed by atoms with E-state index in [0.717, 1.165) is 11.1 Å². The third-order valence-corrected chi connectivity index (χ3v) is 7.78. The summed E-state index contributed by atoms with van der Waals surface area (Å²) >= 11 is 0. The fourth-order valence-corrected chi connectivity index (χ4v) is 6.00. The minimum atomic E-state index is -0.980. The molecule has 3 aliphatic rings. The maximum absolute atomic E-state index is 13.6. The summed E-state index contributed by atoms with van der Waals surface area (Å²) in [6.45, 7) is 10.8. The van der Waals surface area contributed by atoms with E-state index in [4.69, 9.17) is 19.3 Å². The van der Waals surface area contributed by atoms with Crippen LogP contribution in [0.3, 0.4) is 0 Å². The second-order valence-electron chi connectivity index (χ2n) is 12.5. The van der Waals surface area contributed by atoms with Gasteiger partial charge in [0.1, 0.15) is 18.1 Å². The zero-order valence-electron chi connectivity index (χ0n) is 23.8. The molecular weight excluding hydrogens is 508 g/mol. The van der Waals surface area contributed by atoms with Gasteiger partial charge < -0.3 is 19.3 Å². The van der Waals surface area contributed by atoms with Gasteiger partial charge in [0.2, 0.25) is 0 Å². The molecule has 0 amide bonds. The summed E-state index contributed by atoms with van der Waals surface area (Å²) in [5.41, 5.74) is 2.56. The summed E-state index contributed by atoms with van der Waals surface area (Å²) in [5, 5.41) is 9.14. The third-order valence-electron chi connectivity index (χ3n) is 7.78. The summed E-state index contributed by atoms with van der Waals surface area (Å²) < 4.78 is 18.4. The molecule has 0 radical (unpaired) electrons. The molecule has 0 bridgehead atoms. The molecular formula is C33H36O7. The number of Topliss-reactive ketones (excluding diaryl/α,β-unsaturated/α-hetero) is 2. The monoisotopic (exact) mass is 544 g/mol. The highest BCUT2D eigenvalue weighted by Gasteiger charge is 2.47. The van der Waals surface area contributed by atoms with E-state index in [2.05, 4.69) is 27.7 Å².